The molecule has 3 rings (SSSR count). The molecule has 2 heterocycles. The summed E-state index contributed by atoms with van der Waals surface area (Å²) in [4.78, 5) is 16.4. The van der Waals surface area contributed by atoms with E-state index >= 15 is 0 Å². The molecule has 0 atom stereocenters. The molecule has 1 fully saturated rings. The average molecular weight is 371 g/mol. The van der Waals surface area contributed by atoms with E-state index in [4.69, 9.17) is 15.6 Å². The number of nitrogens with one attached hydrogen (secondary N) is 3. The number of hydrogen-bond acceptors (Lipinski definition) is 6. The van der Waals surface area contributed by atoms with Gasteiger partial charge >= 0.3 is 6.03 Å². The first-order valence-electron chi connectivity index (χ1n) is 8.62. The summed E-state index contributed by atoms with van der Waals surface area (Å²) in [6.07, 6.45) is 1.00. The molecule has 0 bridgehead atoms. The van der Waals surface area contributed by atoms with Crippen LogP contribution < -0.4 is 20.4 Å². The molecule has 0 unspecified atom stereocenters. The summed E-state index contributed by atoms with van der Waals surface area (Å²) in [7, 11) is 1.58. The zero-order valence-electron chi connectivity index (χ0n) is 15.4. The van der Waals surface area contributed by atoms with Gasteiger partial charge < -0.3 is 19.9 Å². The molecule has 2 amide bonds. The summed E-state index contributed by atoms with van der Waals surface area (Å²) >= 11 is 0. The fraction of sp³-hybridized carbons (Fsp3) is 0.333. The third-order valence-electron chi connectivity index (χ3n) is 4.46. The number of carbonyl (C=O) groups is 1. The molecular weight excluding hydrogens is 346 g/mol. The van der Waals surface area contributed by atoms with Gasteiger partial charge in [-0.3, -0.25) is 10.8 Å². The van der Waals surface area contributed by atoms with Gasteiger partial charge in [-0.25, -0.2) is 9.48 Å². The predicted octanol–water partition coefficient (Wildman–Crippen LogP) is 1.73. The average Bonchev–Trinajstić information content (AvgIpc) is 2.68. The first-order valence-corrected chi connectivity index (χ1v) is 8.62. The standard InChI is InChI=1S/C18H23N7O2.H2/c1-13-3-4-15(27-2)14(11-13)21-18(26)24-9-7-23(8-10-24)17-6-5-16(20)25(12-19)22-17;/h3-6,11-12,19-20H,7-10H2,1-2H3,(H,21,26);1H. The van der Waals surface area contributed by atoms with Gasteiger partial charge in [0, 0.05) is 27.6 Å². The highest BCUT2D eigenvalue weighted by Gasteiger charge is 2.23. The van der Waals surface area contributed by atoms with Crippen LogP contribution in [0.5, 0.6) is 5.75 Å². The highest BCUT2D eigenvalue weighted by Crippen LogP contribution is 2.25. The Hall–Kier alpha value is -3.36. The summed E-state index contributed by atoms with van der Waals surface area (Å²) in [6, 6.07) is 8.86. The van der Waals surface area contributed by atoms with Gasteiger partial charge in [-0.05, 0) is 36.8 Å². The minimum absolute atomic E-state index is 0. The largest absolute Gasteiger partial charge is 0.495 e. The van der Waals surface area contributed by atoms with Crippen LogP contribution in [0.25, 0.3) is 0 Å². The molecule has 2 aromatic rings. The number of urea groups is 1. The van der Waals surface area contributed by atoms with Crippen molar-refractivity contribution in [2.45, 2.75) is 6.92 Å². The fourth-order valence-corrected chi connectivity index (χ4v) is 2.95. The van der Waals surface area contributed by atoms with E-state index in [1.54, 1.807) is 24.1 Å². The van der Waals surface area contributed by atoms with Crippen molar-refractivity contribution in [1.29, 1.82) is 10.8 Å². The fourth-order valence-electron chi connectivity index (χ4n) is 2.95. The third-order valence-corrected chi connectivity index (χ3v) is 4.46. The Morgan fingerprint density at radius 3 is 2.67 bits per heavy atom. The minimum Gasteiger partial charge on any atom is -0.495 e. The molecule has 0 radical (unpaired) electrons. The van der Waals surface area contributed by atoms with Gasteiger partial charge in [0.25, 0.3) is 0 Å². The summed E-state index contributed by atoms with van der Waals surface area (Å²) in [5.74, 6) is 1.32. The maximum atomic E-state index is 12.6. The molecule has 0 saturated carbocycles. The van der Waals surface area contributed by atoms with Crippen LogP contribution in [0.4, 0.5) is 16.3 Å². The zero-order chi connectivity index (χ0) is 19.4. The number of benzene rings is 1. The molecule has 9 nitrogen and oxygen atoms in total. The van der Waals surface area contributed by atoms with Gasteiger partial charge in [-0.15, -0.1) is 5.10 Å². The lowest BCUT2D eigenvalue weighted by atomic mass is 10.2. The number of aromatic nitrogens is 2. The number of carbonyl (C=O) groups excluding carboxylic acids is 1. The first-order chi connectivity index (χ1) is 13.0. The van der Waals surface area contributed by atoms with Crippen LogP contribution in [0.1, 0.15) is 6.99 Å². The number of aryl methyl sites for hydroxylation is 1. The molecule has 3 N–H and O–H groups in total. The molecule has 1 saturated heterocycles. The molecule has 144 valence electrons. The number of amides is 2. The summed E-state index contributed by atoms with van der Waals surface area (Å²) < 4.78 is 6.52. The predicted molar refractivity (Wildman–Crippen MR) is 105 cm³/mol. The lowest BCUT2D eigenvalue weighted by Crippen LogP contribution is -2.50. The number of methoxy groups -OCH3 is 1. The van der Waals surface area contributed by atoms with E-state index in [1.165, 1.54) is 4.68 Å². The van der Waals surface area contributed by atoms with Crippen LogP contribution in [-0.4, -0.2) is 60.3 Å². The van der Waals surface area contributed by atoms with Crippen LogP contribution in [-0.2, 0) is 0 Å². The summed E-state index contributed by atoms with van der Waals surface area (Å²) in [5, 5.41) is 22.2. The van der Waals surface area contributed by atoms with E-state index in [1.807, 2.05) is 30.0 Å². The zero-order valence-corrected chi connectivity index (χ0v) is 15.4. The Balaban J connectivity index is 0.00000280. The van der Waals surface area contributed by atoms with Crippen molar-refractivity contribution in [3.63, 3.8) is 0 Å². The molecule has 0 spiro atoms. The van der Waals surface area contributed by atoms with Crippen molar-refractivity contribution in [2.24, 2.45) is 0 Å². The van der Waals surface area contributed by atoms with Gasteiger partial charge in [-0.2, -0.15) is 0 Å². The maximum absolute atomic E-state index is 12.6. The van der Waals surface area contributed by atoms with E-state index < -0.39 is 0 Å². The maximum Gasteiger partial charge on any atom is 0.322 e. The lowest BCUT2D eigenvalue weighted by molar-refractivity contribution is 0.208. The van der Waals surface area contributed by atoms with Crippen LogP contribution in [0, 0.1) is 17.7 Å². The second-order valence-corrected chi connectivity index (χ2v) is 6.26. The topological polar surface area (TPSA) is 110 Å². The molecule has 27 heavy (non-hydrogen) atoms. The Labute approximate surface area is 158 Å². The monoisotopic (exact) mass is 371 g/mol. The quantitative estimate of drug-likeness (QED) is 0.561. The van der Waals surface area contributed by atoms with Gasteiger partial charge in [-0.1, -0.05) is 6.07 Å². The molecule has 1 aliphatic rings. The number of ether oxygens (including phenoxy) is 1. The smallest absolute Gasteiger partial charge is 0.322 e. The Morgan fingerprint density at radius 1 is 1.26 bits per heavy atom. The molecular formula is C18H25N7O2. The normalized spacial score (nSPS) is 14.0. The Morgan fingerprint density at radius 2 is 2.00 bits per heavy atom. The minimum atomic E-state index is -0.164. The Bertz CT molecular complexity index is 907. The number of hydrogen-bond donors (Lipinski definition) is 3. The molecule has 1 aromatic heterocycles. The Kier molecular flexibility index (Phi) is 5.39. The lowest BCUT2D eigenvalue weighted by Gasteiger charge is -2.35. The number of piperazine rings is 1. The summed E-state index contributed by atoms with van der Waals surface area (Å²) in [6.45, 7) is 4.31. The third kappa shape index (κ3) is 4.08. The summed E-state index contributed by atoms with van der Waals surface area (Å²) in [5.41, 5.74) is 1.85. The van der Waals surface area contributed by atoms with Crippen LogP contribution in [0.15, 0.2) is 30.3 Å². The van der Waals surface area contributed by atoms with E-state index in [0.29, 0.717) is 43.4 Å². The second kappa shape index (κ2) is 7.90. The highest BCUT2D eigenvalue weighted by molar-refractivity contribution is 5.91. The first kappa shape index (κ1) is 18.4. The van der Waals surface area contributed by atoms with Gasteiger partial charge in [0.05, 0.1) is 12.8 Å². The van der Waals surface area contributed by atoms with Gasteiger partial charge in [0.15, 0.2) is 0 Å². The molecule has 0 aliphatic carbocycles. The molecule has 1 aromatic carbocycles. The molecule has 1 aliphatic heterocycles. The van der Waals surface area contributed by atoms with Crippen LogP contribution in [0.2, 0.25) is 0 Å². The SMILES string of the molecule is COc1ccc(C)cc1NC(=O)N1CCN(c2ccc(=N)n(C=N)n2)CC1.[HH]. The number of nitrogens with zero attached hydrogens (tertiary/aromatic N) is 4. The van der Waals surface area contributed by atoms with E-state index in [-0.39, 0.29) is 12.9 Å². The van der Waals surface area contributed by atoms with Crippen molar-refractivity contribution in [2.75, 3.05) is 43.5 Å². The van der Waals surface area contributed by atoms with E-state index in [9.17, 15) is 4.79 Å². The van der Waals surface area contributed by atoms with Crippen molar-refractivity contribution < 1.29 is 11.0 Å². The van der Waals surface area contributed by atoms with Gasteiger partial charge in [0.1, 0.15) is 23.4 Å². The van der Waals surface area contributed by atoms with Crippen LogP contribution in [0.3, 0.4) is 0 Å². The molecule has 9 heteroatoms. The van der Waals surface area contributed by atoms with Crippen molar-refractivity contribution in [3.05, 3.63) is 41.4 Å². The van der Waals surface area contributed by atoms with Gasteiger partial charge in [0.2, 0.25) is 0 Å². The van der Waals surface area contributed by atoms with E-state index in [2.05, 4.69) is 10.4 Å². The van der Waals surface area contributed by atoms with E-state index in [0.717, 1.165) is 11.9 Å². The second-order valence-electron chi connectivity index (χ2n) is 6.26. The van der Waals surface area contributed by atoms with Crippen molar-refractivity contribution in [1.82, 2.24) is 14.7 Å². The number of rotatable bonds is 4. The highest BCUT2D eigenvalue weighted by atomic mass is 16.5. The van der Waals surface area contributed by atoms with Crippen LogP contribution >= 0.6 is 0 Å². The number of anilines is 2. The van der Waals surface area contributed by atoms with Crippen molar-refractivity contribution >= 4 is 23.9 Å². The van der Waals surface area contributed by atoms with Crippen molar-refractivity contribution in [3.8, 4) is 5.75 Å².